The van der Waals surface area contributed by atoms with Crippen LogP contribution in [0.1, 0.15) is 278 Å². The average molecular weight is 962 g/mol. The minimum absolute atomic E-state index is 0.0810. The first-order valence-electron chi connectivity index (χ1n) is 29.1. The summed E-state index contributed by atoms with van der Waals surface area (Å²) in [7, 11) is 0. The van der Waals surface area contributed by atoms with Gasteiger partial charge in [0.2, 0.25) is 0 Å². The fourth-order valence-electron chi connectivity index (χ4n) is 8.03. The molecular formula is C63H108O6. The van der Waals surface area contributed by atoms with E-state index in [4.69, 9.17) is 14.2 Å². The lowest BCUT2D eigenvalue weighted by Gasteiger charge is -2.18. The Kier molecular flexibility index (Phi) is 54.3. The van der Waals surface area contributed by atoms with Gasteiger partial charge in [-0.05, 0) is 96.3 Å². The van der Waals surface area contributed by atoms with Crippen LogP contribution < -0.4 is 0 Å². The predicted octanol–water partition coefficient (Wildman–Crippen LogP) is 19.5. The molecule has 0 bridgehead atoms. The maximum atomic E-state index is 12.8. The third-order valence-electron chi connectivity index (χ3n) is 12.4. The van der Waals surface area contributed by atoms with E-state index in [1.165, 1.54) is 128 Å². The second kappa shape index (κ2) is 57.2. The first-order chi connectivity index (χ1) is 34.0. The zero-order chi connectivity index (χ0) is 50.0. The van der Waals surface area contributed by atoms with E-state index in [0.29, 0.717) is 19.3 Å². The van der Waals surface area contributed by atoms with Gasteiger partial charge in [-0.2, -0.15) is 0 Å². The van der Waals surface area contributed by atoms with Crippen molar-refractivity contribution in [2.24, 2.45) is 0 Å². The number of carbonyl (C=O) groups is 3. The average Bonchev–Trinajstić information content (AvgIpc) is 3.35. The van der Waals surface area contributed by atoms with Gasteiger partial charge in [0, 0.05) is 19.3 Å². The van der Waals surface area contributed by atoms with Crippen molar-refractivity contribution in [3.05, 3.63) is 85.1 Å². The van der Waals surface area contributed by atoms with Gasteiger partial charge in [0.05, 0.1) is 0 Å². The Bertz CT molecular complexity index is 1330. The number of esters is 3. The van der Waals surface area contributed by atoms with Crippen molar-refractivity contribution in [2.75, 3.05) is 13.2 Å². The molecule has 0 fully saturated rings. The molecule has 0 aromatic heterocycles. The van der Waals surface area contributed by atoms with Crippen LogP contribution in [0, 0.1) is 0 Å². The highest BCUT2D eigenvalue weighted by Crippen LogP contribution is 2.15. The summed E-state index contributed by atoms with van der Waals surface area (Å²) in [6.07, 6.45) is 74.5. The molecule has 0 aromatic carbocycles. The van der Waals surface area contributed by atoms with E-state index < -0.39 is 6.10 Å². The highest BCUT2D eigenvalue weighted by molar-refractivity contribution is 5.71. The number of rotatable bonds is 52. The highest BCUT2D eigenvalue weighted by atomic mass is 16.6. The van der Waals surface area contributed by atoms with Crippen LogP contribution in [0.5, 0.6) is 0 Å². The van der Waals surface area contributed by atoms with Crippen molar-refractivity contribution in [2.45, 2.75) is 284 Å². The van der Waals surface area contributed by atoms with Gasteiger partial charge in [0.25, 0.3) is 0 Å². The monoisotopic (exact) mass is 961 g/mol. The number of hydrogen-bond donors (Lipinski definition) is 0. The molecule has 0 heterocycles. The molecule has 396 valence electrons. The Morgan fingerprint density at radius 3 is 0.913 bits per heavy atom. The number of hydrogen-bond acceptors (Lipinski definition) is 6. The molecule has 0 saturated carbocycles. The van der Waals surface area contributed by atoms with E-state index in [0.717, 1.165) is 109 Å². The quantitative estimate of drug-likeness (QED) is 0.0262. The SMILES string of the molecule is CC/C=C\C/C=C\C/C=C\C/C=C\CCCCCCCCCCCCCCC(=O)OCC(COC(=O)CCCCCCCCC)OC(=O)CCCCCCCC/C=C\C/C=C\C/C=C\CCCCC. The van der Waals surface area contributed by atoms with Gasteiger partial charge in [0.15, 0.2) is 6.10 Å². The summed E-state index contributed by atoms with van der Waals surface area (Å²) < 4.78 is 16.8. The summed E-state index contributed by atoms with van der Waals surface area (Å²) in [6.45, 7) is 6.46. The second-order valence-corrected chi connectivity index (χ2v) is 19.2. The topological polar surface area (TPSA) is 78.9 Å². The minimum Gasteiger partial charge on any atom is -0.462 e. The van der Waals surface area contributed by atoms with Gasteiger partial charge in [-0.25, -0.2) is 0 Å². The summed E-state index contributed by atoms with van der Waals surface area (Å²) >= 11 is 0. The van der Waals surface area contributed by atoms with Gasteiger partial charge < -0.3 is 14.2 Å². The minimum atomic E-state index is -0.781. The van der Waals surface area contributed by atoms with Crippen LogP contribution in [0.2, 0.25) is 0 Å². The standard InChI is InChI=1S/C63H108O6/c1-4-7-10-13-16-18-20-22-24-26-28-29-30-31-32-33-35-36-38-40-42-44-47-50-53-56-62(65)68-59-60(58-67-61(64)55-52-49-46-15-12-9-6-3)69-63(66)57-54-51-48-45-43-41-39-37-34-27-25-23-21-19-17-14-11-8-5-2/h7,10,16-19,22-25,28-29,34,37,60H,4-6,8-9,11-15,20-21,26-27,30-33,35-36,38-59H2,1-3H3/b10-7-,18-16-,19-17-,24-22-,25-23-,29-28-,37-34-. The Balaban J connectivity index is 4.19. The van der Waals surface area contributed by atoms with Gasteiger partial charge >= 0.3 is 17.9 Å². The summed E-state index contributed by atoms with van der Waals surface area (Å²) in [5.41, 5.74) is 0. The van der Waals surface area contributed by atoms with Crippen molar-refractivity contribution in [3.63, 3.8) is 0 Å². The number of allylic oxidation sites excluding steroid dienone is 14. The first-order valence-corrected chi connectivity index (χ1v) is 29.1. The maximum Gasteiger partial charge on any atom is 0.306 e. The fraction of sp³-hybridized carbons (Fsp3) is 0.730. The smallest absolute Gasteiger partial charge is 0.306 e. The normalized spacial score (nSPS) is 12.7. The largest absolute Gasteiger partial charge is 0.462 e. The molecule has 0 radical (unpaired) electrons. The molecule has 1 unspecified atom stereocenters. The van der Waals surface area contributed by atoms with Gasteiger partial charge in [0.1, 0.15) is 13.2 Å². The summed E-state index contributed by atoms with van der Waals surface area (Å²) in [6, 6.07) is 0. The molecule has 0 spiro atoms. The van der Waals surface area contributed by atoms with Gasteiger partial charge in [-0.3, -0.25) is 14.4 Å². The molecule has 6 heteroatoms. The molecule has 0 N–H and O–H groups in total. The molecule has 0 aromatic rings. The van der Waals surface area contributed by atoms with E-state index in [-0.39, 0.29) is 31.1 Å². The van der Waals surface area contributed by atoms with Crippen molar-refractivity contribution in [1.82, 2.24) is 0 Å². The summed E-state index contributed by atoms with van der Waals surface area (Å²) in [5.74, 6) is -0.897. The first kappa shape index (κ1) is 65.6. The van der Waals surface area contributed by atoms with Crippen molar-refractivity contribution in [3.8, 4) is 0 Å². The lowest BCUT2D eigenvalue weighted by Crippen LogP contribution is -2.30. The molecule has 0 amide bonds. The molecule has 69 heavy (non-hydrogen) atoms. The van der Waals surface area contributed by atoms with E-state index >= 15 is 0 Å². The third-order valence-corrected chi connectivity index (χ3v) is 12.4. The number of ether oxygens (including phenoxy) is 3. The fourth-order valence-corrected chi connectivity index (χ4v) is 8.03. The summed E-state index contributed by atoms with van der Waals surface area (Å²) in [4.78, 5) is 38.0. The Morgan fingerprint density at radius 2 is 0.565 bits per heavy atom. The van der Waals surface area contributed by atoms with Crippen LogP contribution in [-0.2, 0) is 28.6 Å². The lowest BCUT2D eigenvalue weighted by molar-refractivity contribution is -0.167. The Labute approximate surface area is 426 Å². The number of unbranched alkanes of at least 4 members (excludes halogenated alkanes) is 27. The summed E-state index contributed by atoms with van der Waals surface area (Å²) in [5, 5.41) is 0. The van der Waals surface area contributed by atoms with Crippen LogP contribution >= 0.6 is 0 Å². The maximum absolute atomic E-state index is 12.8. The van der Waals surface area contributed by atoms with Crippen LogP contribution in [0.3, 0.4) is 0 Å². The van der Waals surface area contributed by atoms with Crippen molar-refractivity contribution in [1.29, 1.82) is 0 Å². The zero-order valence-corrected chi connectivity index (χ0v) is 45.3. The van der Waals surface area contributed by atoms with E-state index in [2.05, 4.69) is 106 Å². The predicted molar refractivity (Wildman–Crippen MR) is 297 cm³/mol. The van der Waals surface area contributed by atoms with Crippen molar-refractivity contribution < 1.29 is 28.6 Å². The van der Waals surface area contributed by atoms with Crippen LogP contribution in [0.4, 0.5) is 0 Å². The molecule has 0 rings (SSSR count). The highest BCUT2D eigenvalue weighted by Gasteiger charge is 2.19. The molecular weight excluding hydrogens is 853 g/mol. The molecule has 1 atom stereocenters. The van der Waals surface area contributed by atoms with E-state index in [1.54, 1.807) is 0 Å². The molecule has 0 aliphatic carbocycles. The number of carbonyl (C=O) groups excluding carboxylic acids is 3. The molecule has 6 nitrogen and oxygen atoms in total. The van der Waals surface area contributed by atoms with Gasteiger partial charge in [-0.15, -0.1) is 0 Å². The molecule has 0 aliphatic rings. The van der Waals surface area contributed by atoms with Crippen LogP contribution in [-0.4, -0.2) is 37.2 Å². The second-order valence-electron chi connectivity index (χ2n) is 19.2. The Hall–Kier alpha value is -3.41. The Morgan fingerprint density at radius 1 is 0.304 bits per heavy atom. The third kappa shape index (κ3) is 55.4. The van der Waals surface area contributed by atoms with Gasteiger partial charge in [-0.1, -0.05) is 247 Å². The van der Waals surface area contributed by atoms with E-state index in [1.807, 2.05) is 0 Å². The van der Waals surface area contributed by atoms with Crippen molar-refractivity contribution >= 4 is 17.9 Å². The molecule has 0 aliphatic heterocycles. The molecule has 0 saturated heterocycles. The van der Waals surface area contributed by atoms with Crippen LogP contribution in [0.25, 0.3) is 0 Å². The van der Waals surface area contributed by atoms with E-state index in [9.17, 15) is 14.4 Å². The zero-order valence-electron chi connectivity index (χ0n) is 45.3. The lowest BCUT2D eigenvalue weighted by atomic mass is 10.0. The van der Waals surface area contributed by atoms with Crippen LogP contribution in [0.15, 0.2) is 85.1 Å².